The van der Waals surface area contributed by atoms with Crippen LogP contribution in [0, 0.1) is 11.8 Å². The van der Waals surface area contributed by atoms with E-state index in [9.17, 15) is 19.2 Å². The fourth-order valence-electron chi connectivity index (χ4n) is 5.08. The summed E-state index contributed by atoms with van der Waals surface area (Å²) in [5.41, 5.74) is -0.111. The molecule has 0 bridgehead atoms. The maximum absolute atomic E-state index is 13.1. The Bertz CT molecular complexity index is 1300. The van der Waals surface area contributed by atoms with Gasteiger partial charge in [0.05, 0.1) is 17.1 Å². The van der Waals surface area contributed by atoms with Crippen molar-refractivity contribution >= 4 is 22.7 Å². The van der Waals surface area contributed by atoms with Crippen molar-refractivity contribution in [3.8, 4) is 0 Å². The zero-order valence-corrected chi connectivity index (χ0v) is 18.8. The van der Waals surface area contributed by atoms with Crippen LogP contribution in [0.5, 0.6) is 0 Å². The van der Waals surface area contributed by atoms with Crippen LogP contribution in [0.2, 0.25) is 0 Å². The van der Waals surface area contributed by atoms with Gasteiger partial charge in [0.25, 0.3) is 11.5 Å². The van der Waals surface area contributed by atoms with Crippen LogP contribution in [0.25, 0.3) is 10.9 Å². The lowest BCUT2D eigenvalue weighted by molar-refractivity contribution is -0.138. The number of nitrogens with zero attached hydrogens (tertiary/aromatic N) is 4. The van der Waals surface area contributed by atoms with E-state index < -0.39 is 0 Å². The first-order valence-corrected chi connectivity index (χ1v) is 11.7. The number of piperazine rings is 1. The zero-order chi connectivity index (χ0) is 23.7. The molecule has 10 nitrogen and oxygen atoms in total. The number of fused-ring (bicyclic) bond motifs is 1. The molecule has 3 aromatic rings. The summed E-state index contributed by atoms with van der Waals surface area (Å²) < 4.78 is 6.23. The highest BCUT2D eigenvalue weighted by Crippen LogP contribution is 2.31. The molecule has 10 heteroatoms. The van der Waals surface area contributed by atoms with Gasteiger partial charge in [-0.1, -0.05) is 17.3 Å². The van der Waals surface area contributed by atoms with E-state index >= 15 is 0 Å². The molecule has 1 saturated carbocycles. The van der Waals surface area contributed by atoms with Gasteiger partial charge in [-0.15, -0.1) is 0 Å². The monoisotopic (exact) mass is 465 g/mol. The van der Waals surface area contributed by atoms with Gasteiger partial charge in [0.1, 0.15) is 0 Å². The van der Waals surface area contributed by atoms with Gasteiger partial charge >= 0.3 is 5.69 Å². The molecule has 2 aromatic heterocycles. The second kappa shape index (κ2) is 9.28. The van der Waals surface area contributed by atoms with E-state index in [1.165, 1.54) is 16.8 Å². The second-order valence-electron chi connectivity index (χ2n) is 9.10. The number of hydrogen-bond acceptors (Lipinski definition) is 6. The SMILES string of the molecule is O=C(c1ccno1)N1CCN(C(=O)C2CCC(Cn3c(=O)[nH]c4ccccc4c3=O)CC2)CC1. The number of benzene rings is 1. The zero-order valence-electron chi connectivity index (χ0n) is 18.8. The lowest BCUT2D eigenvalue weighted by Crippen LogP contribution is -2.52. The van der Waals surface area contributed by atoms with E-state index in [1.807, 2.05) is 4.90 Å². The lowest BCUT2D eigenvalue weighted by Gasteiger charge is -2.37. The Hall–Kier alpha value is -3.69. The van der Waals surface area contributed by atoms with Crippen LogP contribution in [-0.2, 0) is 11.3 Å². The molecule has 2 fully saturated rings. The topological polar surface area (TPSA) is 122 Å². The van der Waals surface area contributed by atoms with E-state index in [0.717, 1.165) is 25.7 Å². The molecule has 0 radical (unpaired) electrons. The van der Waals surface area contributed by atoms with Gasteiger partial charge < -0.3 is 19.3 Å². The summed E-state index contributed by atoms with van der Waals surface area (Å²) in [5.74, 6) is 0.261. The maximum atomic E-state index is 13.1. The maximum Gasteiger partial charge on any atom is 0.328 e. The highest BCUT2D eigenvalue weighted by atomic mass is 16.5. The first-order valence-electron chi connectivity index (χ1n) is 11.7. The Balaban J connectivity index is 1.15. The third kappa shape index (κ3) is 4.27. The summed E-state index contributed by atoms with van der Waals surface area (Å²) in [6.45, 7) is 2.30. The number of rotatable bonds is 4. The van der Waals surface area contributed by atoms with E-state index in [1.54, 1.807) is 29.2 Å². The van der Waals surface area contributed by atoms with E-state index in [2.05, 4.69) is 10.1 Å². The van der Waals surface area contributed by atoms with Crippen molar-refractivity contribution in [2.75, 3.05) is 26.2 Å². The van der Waals surface area contributed by atoms with E-state index in [-0.39, 0.29) is 40.7 Å². The lowest BCUT2D eigenvalue weighted by atomic mass is 9.81. The standard InChI is InChI=1S/C24H27N5O5/c30-21(27-11-13-28(14-12-27)23(32)20-9-10-25-34-20)17-7-5-16(6-8-17)15-29-22(31)18-3-1-2-4-19(18)26-24(29)33/h1-4,9-10,16-17H,5-8,11-15H2,(H,26,33). The summed E-state index contributed by atoms with van der Waals surface area (Å²) in [6.07, 6.45) is 4.50. The first-order chi connectivity index (χ1) is 16.5. The molecule has 178 valence electrons. The Morgan fingerprint density at radius 3 is 2.38 bits per heavy atom. The minimum absolute atomic E-state index is 0.0561. The number of carbonyl (C=O) groups excluding carboxylic acids is 2. The van der Waals surface area contributed by atoms with Crippen LogP contribution in [0.4, 0.5) is 0 Å². The summed E-state index contributed by atoms with van der Waals surface area (Å²) >= 11 is 0. The van der Waals surface area contributed by atoms with Crippen molar-refractivity contribution < 1.29 is 14.1 Å². The predicted octanol–water partition coefficient (Wildman–Crippen LogP) is 1.47. The minimum Gasteiger partial charge on any atom is -0.351 e. The van der Waals surface area contributed by atoms with Gasteiger partial charge in [0.2, 0.25) is 11.7 Å². The van der Waals surface area contributed by atoms with Gasteiger partial charge in [-0.25, -0.2) is 4.79 Å². The average molecular weight is 466 g/mol. The number of H-pyrrole nitrogens is 1. The molecule has 1 aliphatic carbocycles. The molecule has 0 atom stereocenters. The van der Waals surface area contributed by atoms with Crippen LogP contribution >= 0.6 is 0 Å². The second-order valence-corrected chi connectivity index (χ2v) is 9.10. The van der Waals surface area contributed by atoms with Crippen molar-refractivity contribution in [2.45, 2.75) is 32.2 Å². The van der Waals surface area contributed by atoms with Crippen molar-refractivity contribution in [2.24, 2.45) is 11.8 Å². The van der Waals surface area contributed by atoms with Crippen LogP contribution in [0.1, 0.15) is 36.2 Å². The number of hydrogen-bond donors (Lipinski definition) is 1. The van der Waals surface area contributed by atoms with Gasteiger partial charge in [0.15, 0.2) is 0 Å². The van der Waals surface area contributed by atoms with Crippen LogP contribution in [-0.4, -0.2) is 62.5 Å². The van der Waals surface area contributed by atoms with Crippen molar-refractivity contribution in [1.82, 2.24) is 24.5 Å². The smallest absolute Gasteiger partial charge is 0.328 e. The highest BCUT2D eigenvalue weighted by Gasteiger charge is 2.33. The summed E-state index contributed by atoms with van der Waals surface area (Å²) in [7, 11) is 0. The molecule has 5 rings (SSSR count). The number of nitrogens with one attached hydrogen (secondary N) is 1. The van der Waals surface area contributed by atoms with Crippen molar-refractivity contribution in [3.63, 3.8) is 0 Å². The average Bonchev–Trinajstić information content (AvgIpc) is 3.41. The molecular weight excluding hydrogens is 438 g/mol. The summed E-state index contributed by atoms with van der Waals surface area (Å²) in [4.78, 5) is 57.0. The van der Waals surface area contributed by atoms with Gasteiger partial charge in [0, 0.05) is 44.7 Å². The molecule has 34 heavy (non-hydrogen) atoms. The fraction of sp³-hybridized carbons (Fsp3) is 0.458. The Morgan fingerprint density at radius 2 is 1.68 bits per heavy atom. The molecule has 0 spiro atoms. The van der Waals surface area contributed by atoms with Crippen LogP contribution in [0.15, 0.2) is 50.6 Å². The largest absolute Gasteiger partial charge is 0.351 e. The van der Waals surface area contributed by atoms with Crippen molar-refractivity contribution in [1.29, 1.82) is 0 Å². The third-order valence-corrected chi connectivity index (χ3v) is 7.05. The Morgan fingerprint density at radius 1 is 0.971 bits per heavy atom. The molecule has 1 saturated heterocycles. The molecule has 3 heterocycles. The quantitative estimate of drug-likeness (QED) is 0.623. The number of carbonyl (C=O) groups is 2. The summed E-state index contributed by atoms with van der Waals surface area (Å²) in [5, 5.41) is 4.08. The molecule has 2 amide bonds. The highest BCUT2D eigenvalue weighted by molar-refractivity contribution is 5.91. The van der Waals surface area contributed by atoms with E-state index in [4.69, 9.17) is 4.52 Å². The number of aromatic nitrogens is 3. The molecule has 1 N–H and O–H groups in total. The van der Waals surface area contributed by atoms with E-state index in [0.29, 0.717) is 43.6 Å². The van der Waals surface area contributed by atoms with Gasteiger partial charge in [-0.2, -0.15) is 0 Å². The van der Waals surface area contributed by atoms with Gasteiger partial charge in [-0.05, 0) is 43.7 Å². The van der Waals surface area contributed by atoms with Crippen LogP contribution < -0.4 is 11.2 Å². The number of amides is 2. The molecular formula is C24H27N5O5. The molecule has 0 unspecified atom stereocenters. The first kappa shape index (κ1) is 22.1. The number of aromatic amines is 1. The van der Waals surface area contributed by atoms with Crippen molar-refractivity contribution in [3.05, 3.63) is 63.1 Å². The Labute approximate surface area is 195 Å². The Kier molecular flexibility index (Phi) is 6.04. The van der Waals surface area contributed by atoms with Gasteiger partial charge in [-0.3, -0.25) is 19.0 Å². The fourth-order valence-corrected chi connectivity index (χ4v) is 5.08. The normalized spacial score (nSPS) is 21.1. The molecule has 2 aliphatic rings. The summed E-state index contributed by atoms with van der Waals surface area (Å²) in [6, 6.07) is 8.56. The number of para-hydroxylation sites is 1. The van der Waals surface area contributed by atoms with Crippen LogP contribution in [0.3, 0.4) is 0 Å². The minimum atomic E-state index is -0.389. The molecule has 1 aliphatic heterocycles. The molecule has 1 aromatic carbocycles. The third-order valence-electron chi connectivity index (χ3n) is 7.05. The predicted molar refractivity (Wildman–Crippen MR) is 123 cm³/mol.